The summed E-state index contributed by atoms with van der Waals surface area (Å²) in [6.45, 7) is 4.97. The van der Waals surface area contributed by atoms with Crippen molar-refractivity contribution in [2.45, 2.75) is 26.4 Å². The van der Waals surface area contributed by atoms with Gasteiger partial charge in [0, 0.05) is 20.6 Å². The third-order valence-electron chi connectivity index (χ3n) is 2.40. The summed E-state index contributed by atoms with van der Waals surface area (Å²) in [7, 11) is 0. The van der Waals surface area contributed by atoms with Gasteiger partial charge in [-0.25, -0.2) is 4.68 Å². The molecule has 0 aliphatic carbocycles. The first kappa shape index (κ1) is 14.0. The van der Waals surface area contributed by atoms with Crippen LogP contribution in [0.4, 0.5) is 0 Å². The van der Waals surface area contributed by atoms with Crippen LogP contribution in [0.5, 0.6) is 0 Å². The zero-order chi connectivity index (χ0) is 13.1. The summed E-state index contributed by atoms with van der Waals surface area (Å²) in [5, 5.41) is 11.6. The molecule has 0 spiro atoms. The molecule has 2 rings (SSSR count). The molecule has 96 valence electrons. The Bertz CT molecular complexity index is 539. The second-order valence-electron chi connectivity index (χ2n) is 4.29. The Morgan fingerprint density at radius 1 is 1.44 bits per heavy atom. The van der Waals surface area contributed by atoms with Crippen molar-refractivity contribution in [1.29, 1.82) is 0 Å². The van der Waals surface area contributed by atoms with Crippen LogP contribution in [0.15, 0.2) is 28.9 Å². The fraction of sp³-hybridized carbons (Fsp3) is 0.333. The lowest BCUT2D eigenvalue weighted by atomic mass is 10.3. The minimum absolute atomic E-state index is 0.448. The quantitative estimate of drug-likeness (QED) is 0.772. The molecule has 2 aromatic rings. The molecule has 0 amide bonds. The van der Waals surface area contributed by atoms with Gasteiger partial charge in [0.05, 0.1) is 17.6 Å². The molecule has 1 heterocycles. The summed E-state index contributed by atoms with van der Waals surface area (Å²) in [5.74, 6) is 0. The van der Waals surface area contributed by atoms with Crippen molar-refractivity contribution in [3.05, 3.63) is 38.1 Å². The number of hydrogen-bond donors (Lipinski definition) is 1. The predicted octanol–water partition coefficient (Wildman–Crippen LogP) is 3.13. The van der Waals surface area contributed by atoms with E-state index in [0.29, 0.717) is 6.04 Å². The minimum Gasteiger partial charge on any atom is -0.309 e. The number of hydrogen-bond acceptors (Lipinski definition) is 3. The van der Waals surface area contributed by atoms with E-state index < -0.39 is 0 Å². The largest absolute Gasteiger partial charge is 0.309 e. The maximum Gasteiger partial charge on any atom is 0.0969 e. The van der Waals surface area contributed by atoms with Gasteiger partial charge in [0.1, 0.15) is 0 Å². The number of nitrogens with one attached hydrogen (secondary N) is 1. The molecule has 0 fully saturated rings. The van der Waals surface area contributed by atoms with E-state index in [1.54, 1.807) is 4.68 Å². The lowest BCUT2D eigenvalue weighted by molar-refractivity contribution is 0.580. The van der Waals surface area contributed by atoms with Crippen molar-refractivity contribution in [3.8, 4) is 5.69 Å². The summed E-state index contributed by atoms with van der Waals surface area (Å²) < 4.78 is 4.04. The Kier molecular flexibility index (Phi) is 4.74. The van der Waals surface area contributed by atoms with E-state index in [2.05, 4.69) is 74.1 Å². The van der Waals surface area contributed by atoms with Crippen LogP contribution in [0, 0.1) is 3.57 Å². The van der Waals surface area contributed by atoms with Crippen LogP contribution in [0.25, 0.3) is 5.69 Å². The van der Waals surface area contributed by atoms with Gasteiger partial charge in [-0.3, -0.25) is 0 Å². The van der Waals surface area contributed by atoms with Gasteiger partial charge in [-0.05, 0) is 56.7 Å². The first-order chi connectivity index (χ1) is 8.56. The van der Waals surface area contributed by atoms with Crippen LogP contribution >= 0.6 is 38.5 Å². The maximum atomic E-state index is 4.15. The number of halogens is 2. The molecule has 0 unspecified atom stereocenters. The molecule has 1 aromatic carbocycles. The third kappa shape index (κ3) is 3.52. The van der Waals surface area contributed by atoms with Crippen molar-refractivity contribution in [1.82, 2.24) is 20.3 Å². The first-order valence-corrected chi connectivity index (χ1v) is 7.53. The molecule has 0 saturated carbocycles. The van der Waals surface area contributed by atoms with Gasteiger partial charge < -0.3 is 5.32 Å². The van der Waals surface area contributed by atoms with Gasteiger partial charge in [-0.1, -0.05) is 19.1 Å². The van der Waals surface area contributed by atoms with Crippen LogP contribution in [0.3, 0.4) is 0 Å². The van der Waals surface area contributed by atoms with Gasteiger partial charge in [0.15, 0.2) is 0 Å². The van der Waals surface area contributed by atoms with Crippen molar-refractivity contribution in [2.75, 3.05) is 0 Å². The second kappa shape index (κ2) is 6.12. The highest BCUT2D eigenvalue weighted by molar-refractivity contribution is 14.1. The standard InChI is InChI=1S/C12H14BrIN4/c1-8(2)15-6-9-7-18(17-16-9)10-3-4-11(13)12(14)5-10/h3-5,7-8,15H,6H2,1-2H3. The van der Waals surface area contributed by atoms with E-state index in [9.17, 15) is 0 Å². The molecular weight excluding hydrogens is 407 g/mol. The van der Waals surface area contributed by atoms with Gasteiger partial charge in [0.2, 0.25) is 0 Å². The highest BCUT2D eigenvalue weighted by atomic mass is 127. The lowest BCUT2D eigenvalue weighted by Gasteiger charge is -2.04. The van der Waals surface area contributed by atoms with Crippen LogP contribution in [-0.2, 0) is 6.54 Å². The fourth-order valence-electron chi connectivity index (χ4n) is 1.44. The molecule has 0 radical (unpaired) electrons. The molecule has 1 aromatic heterocycles. The average Bonchev–Trinajstić information content (AvgIpc) is 2.79. The molecule has 0 saturated heterocycles. The van der Waals surface area contributed by atoms with E-state index in [-0.39, 0.29) is 0 Å². The van der Waals surface area contributed by atoms with Crippen LogP contribution in [-0.4, -0.2) is 21.0 Å². The number of nitrogens with zero attached hydrogens (tertiary/aromatic N) is 3. The van der Waals surface area contributed by atoms with Crippen molar-refractivity contribution < 1.29 is 0 Å². The Balaban J connectivity index is 2.16. The fourth-order valence-corrected chi connectivity index (χ4v) is 2.19. The summed E-state index contributed by atoms with van der Waals surface area (Å²) in [6, 6.07) is 6.55. The summed E-state index contributed by atoms with van der Waals surface area (Å²) >= 11 is 5.77. The molecule has 1 N–H and O–H groups in total. The topological polar surface area (TPSA) is 42.7 Å². The molecule has 0 aliphatic heterocycles. The Morgan fingerprint density at radius 2 is 2.22 bits per heavy atom. The van der Waals surface area contributed by atoms with Gasteiger partial charge >= 0.3 is 0 Å². The Hall–Kier alpha value is -0.470. The summed E-state index contributed by atoms with van der Waals surface area (Å²) in [5.41, 5.74) is 1.97. The molecular formula is C12H14BrIN4. The van der Waals surface area contributed by atoms with Crippen LogP contribution in [0.2, 0.25) is 0 Å². The molecule has 0 bridgehead atoms. The monoisotopic (exact) mass is 420 g/mol. The van der Waals surface area contributed by atoms with Crippen molar-refractivity contribution >= 4 is 38.5 Å². The zero-order valence-corrected chi connectivity index (χ0v) is 13.9. The SMILES string of the molecule is CC(C)NCc1cn(-c2ccc(Br)c(I)c2)nn1. The first-order valence-electron chi connectivity index (χ1n) is 5.66. The van der Waals surface area contributed by atoms with Gasteiger partial charge in [0.25, 0.3) is 0 Å². The Morgan fingerprint density at radius 3 is 2.89 bits per heavy atom. The normalized spacial score (nSPS) is 11.2. The van der Waals surface area contributed by atoms with Crippen molar-refractivity contribution in [2.24, 2.45) is 0 Å². The number of benzene rings is 1. The maximum absolute atomic E-state index is 4.15. The Labute approximate surface area is 128 Å². The highest BCUT2D eigenvalue weighted by Gasteiger charge is 2.05. The highest BCUT2D eigenvalue weighted by Crippen LogP contribution is 2.21. The molecule has 18 heavy (non-hydrogen) atoms. The average molecular weight is 421 g/mol. The van der Waals surface area contributed by atoms with E-state index >= 15 is 0 Å². The minimum atomic E-state index is 0.448. The predicted molar refractivity (Wildman–Crippen MR) is 83.8 cm³/mol. The van der Waals surface area contributed by atoms with E-state index in [1.165, 1.54) is 0 Å². The summed E-state index contributed by atoms with van der Waals surface area (Å²) in [4.78, 5) is 0. The lowest BCUT2D eigenvalue weighted by Crippen LogP contribution is -2.21. The summed E-state index contributed by atoms with van der Waals surface area (Å²) in [6.07, 6.45) is 1.95. The smallest absolute Gasteiger partial charge is 0.0969 e. The number of rotatable bonds is 4. The van der Waals surface area contributed by atoms with Gasteiger partial charge in [-0.2, -0.15) is 0 Å². The molecule has 6 heteroatoms. The number of aromatic nitrogens is 3. The van der Waals surface area contributed by atoms with Crippen molar-refractivity contribution in [3.63, 3.8) is 0 Å². The van der Waals surface area contributed by atoms with E-state index in [4.69, 9.17) is 0 Å². The molecule has 4 nitrogen and oxygen atoms in total. The van der Waals surface area contributed by atoms with E-state index in [1.807, 2.05) is 18.3 Å². The van der Waals surface area contributed by atoms with E-state index in [0.717, 1.165) is 26.0 Å². The zero-order valence-electron chi connectivity index (χ0n) is 10.2. The van der Waals surface area contributed by atoms with Crippen LogP contribution in [0.1, 0.15) is 19.5 Å². The second-order valence-corrected chi connectivity index (χ2v) is 6.30. The molecule has 0 aliphatic rings. The van der Waals surface area contributed by atoms with Crippen LogP contribution < -0.4 is 5.32 Å². The van der Waals surface area contributed by atoms with Gasteiger partial charge in [-0.15, -0.1) is 5.10 Å². The molecule has 0 atom stereocenters. The third-order valence-corrected chi connectivity index (χ3v) is 4.73.